The highest BCUT2D eigenvalue weighted by Gasteiger charge is 2.08. The van der Waals surface area contributed by atoms with E-state index in [2.05, 4.69) is 0 Å². The minimum absolute atomic E-state index is 0.0933. The molecule has 0 aliphatic carbocycles. The van der Waals surface area contributed by atoms with Gasteiger partial charge < -0.3 is 4.74 Å². The Kier molecular flexibility index (Phi) is 6.80. The van der Waals surface area contributed by atoms with Gasteiger partial charge in [0, 0.05) is 0 Å². The fourth-order valence-electron chi connectivity index (χ4n) is 2.33. The van der Waals surface area contributed by atoms with E-state index in [9.17, 15) is 14.4 Å². The normalized spacial score (nSPS) is 11.0. The zero-order valence-corrected chi connectivity index (χ0v) is 14.8. The summed E-state index contributed by atoms with van der Waals surface area (Å²) >= 11 is 0. The van der Waals surface area contributed by atoms with Gasteiger partial charge in [0.15, 0.2) is 17.3 Å². The Morgan fingerprint density at radius 1 is 0.885 bits per heavy atom. The van der Waals surface area contributed by atoms with E-state index in [-0.39, 0.29) is 23.8 Å². The lowest BCUT2D eigenvalue weighted by Crippen LogP contribution is -2.02. The third-order valence-electron chi connectivity index (χ3n) is 3.68. The quantitative estimate of drug-likeness (QED) is 0.408. The molecule has 0 bridgehead atoms. The Labute approximate surface area is 152 Å². The van der Waals surface area contributed by atoms with Gasteiger partial charge in [-0.3, -0.25) is 14.4 Å². The molecule has 0 unspecified atom stereocenters. The van der Waals surface area contributed by atoms with Crippen LogP contribution in [-0.4, -0.2) is 24.5 Å². The molecule has 4 heteroatoms. The largest absolute Gasteiger partial charge is 0.496 e. The fourth-order valence-corrected chi connectivity index (χ4v) is 2.33. The van der Waals surface area contributed by atoms with Crippen molar-refractivity contribution in [1.29, 1.82) is 0 Å². The van der Waals surface area contributed by atoms with E-state index < -0.39 is 0 Å². The van der Waals surface area contributed by atoms with Crippen LogP contribution in [0.3, 0.4) is 0 Å². The number of hydrogen-bond acceptors (Lipinski definition) is 4. The lowest BCUT2D eigenvalue weighted by atomic mass is 10.1. The van der Waals surface area contributed by atoms with Crippen molar-refractivity contribution in [2.75, 3.05) is 7.11 Å². The van der Waals surface area contributed by atoms with Crippen molar-refractivity contribution in [3.05, 3.63) is 77.4 Å². The number of hydrogen-bond donors (Lipinski definition) is 0. The summed E-state index contributed by atoms with van der Waals surface area (Å²) in [6.07, 6.45) is 5.86. The highest BCUT2D eigenvalue weighted by molar-refractivity contribution is 6.10. The second-order valence-corrected chi connectivity index (χ2v) is 5.70. The molecule has 0 heterocycles. The molecule has 0 aliphatic rings. The molecule has 0 aromatic heterocycles. The van der Waals surface area contributed by atoms with E-state index in [4.69, 9.17) is 4.74 Å². The van der Waals surface area contributed by atoms with Crippen molar-refractivity contribution >= 4 is 29.5 Å². The second-order valence-electron chi connectivity index (χ2n) is 5.70. The van der Waals surface area contributed by atoms with Crippen LogP contribution in [0.1, 0.15) is 34.8 Å². The molecule has 0 aliphatic heterocycles. The first-order chi connectivity index (χ1) is 12.5. The number of allylic oxidation sites excluding steroid dienone is 2. The monoisotopic (exact) mass is 348 g/mol. The van der Waals surface area contributed by atoms with Crippen LogP contribution in [-0.2, 0) is 9.59 Å². The van der Waals surface area contributed by atoms with Crippen molar-refractivity contribution < 1.29 is 19.1 Å². The Bertz CT molecular complexity index is 861. The molecule has 0 radical (unpaired) electrons. The number of Topliss-reactive ketones (excluding diaryl/α,β-unsaturated/α-hetero) is 1. The molecular formula is C22H20O4. The molecular weight excluding hydrogens is 328 g/mol. The Morgan fingerprint density at radius 2 is 1.50 bits per heavy atom. The Balaban J connectivity index is 1.97. The highest BCUT2D eigenvalue weighted by Crippen LogP contribution is 2.21. The molecule has 0 atom stereocenters. The molecule has 4 nitrogen and oxygen atoms in total. The molecule has 0 saturated carbocycles. The maximum Gasteiger partial charge on any atom is 0.163 e. The smallest absolute Gasteiger partial charge is 0.163 e. The fraction of sp³-hybridized carbons (Fsp3) is 0.136. The summed E-state index contributed by atoms with van der Waals surface area (Å²) in [6.45, 7) is 1.46. The van der Waals surface area contributed by atoms with Crippen LogP contribution >= 0.6 is 0 Å². The van der Waals surface area contributed by atoms with Crippen LogP contribution < -0.4 is 4.74 Å². The van der Waals surface area contributed by atoms with Crippen molar-refractivity contribution in [2.24, 2.45) is 0 Å². The molecule has 0 N–H and O–H groups in total. The topological polar surface area (TPSA) is 60.4 Å². The first-order valence-corrected chi connectivity index (χ1v) is 8.15. The van der Waals surface area contributed by atoms with Gasteiger partial charge in [0.25, 0.3) is 0 Å². The number of ether oxygens (including phenoxy) is 1. The zero-order chi connectivity index (χ0) is 18.9. The van der Waals surface area contributed by atoms with E-state index in [1.54, 1.807) is 30.4 Å². The van der Waals surface area contributed by atoms with Crippen LogP contribution in [0.5, 0.6) is 5.75 Å². The van der Waals surface area contributed by atoms with E-state index in [0.29, 0.717) is 16.9 Å². The van der Waals surface area contributed by atoms with E-state index in [1.807, 2.05) is 30.3 Å². The summed E-state index contributed by atoms with van der Waals surface area (Å²) in [5.41, 5.74) is 2.10. The number of rotatable bonds is 8. The van der Waals surface area contributed by atoms with E-state index >= 15 is 0 Å². The molecule has 0 saturated heterocycles. The summed E-state index contributed by atoms with van der Waals surface area (Å²) < 4.78 is 5.19. The number of methoxy groups -OCH3 is 1. The maximum atomic E-state index is 11.9. The van der Waals surface area contributed by atoms with Gasteiger partial charge in [-0.05, 0) is 42.3 Å². The Hall–Kier alpha value is -3.27. The summed E-state index contributed by atoms with van der Waals surface area (Å²) in [4.78, 5) is 35.3. The van der Waals surface area contributed by atoms with Gasteiger partial charge in [0.05, 0.1) is 19.1 Å². The number of benzene rings is 2. The molecule has 2 aromatic carbocycles. The first kappa shape index (κ1) is 19.1. The predicted molar refractivity (Wildman–Crippen MR) is 102 cm³/mol. The van der Waals surface area contributed by atoms with Crippen molar-refractivity contribution in [3.63, 3.8) is 0 Å². The summed E-state index contributed by atoms with van der Waals surface area (Å²) in [5, 5.41) is 0. The van der Waals surface area contributed by atoms with Crippen LogP contribution in [0.15, 0.2) is 60.7 Å². The van der Waals surface area contributed by atoms with E-state index in [0.717, 1.165) is 5.56 Å². The minimum atomic E-state index is -0.290. The van der Waals surface area contributed by atoms with Gasteiger partial charge in [0.1, 0.15) is 5.75 Å². The summed E-state index contributed by atoms with van der Waals surface area (Å²) in [5.74, 6) is -0.187. The molecule has 2 aromatic rings. The lowest BCUT2D eigenvalue weighted by molar-refractivity contribution is -0.121. The summed E-state index contributed by atoms with van der Waals surface area (Å²) in [7, 11) is 1.48. The third-order valence-corrected chi connectivity index (χ3v) is 3.68. The highest BCUT2D eigenvalue weighted by atomic mass is 16.5. The number of carbonyl (C=O) groups excluding carboxylic acids is 3. The van der Waals surface area contributed by atoms with Crippen molar-refractivity contribution in [3.8, 4) is 5.75 Å². The standard InChI is InChI=1S/C22H20O4/c1-16(23)21-13-10-18(14-22(21)26-2)9-12-20(25)15-19(24)11-8-17-6-4-3-5-7-17/h3-14H,15H2,1-2H3/b11-8+,12-9+. The van der Waals surface area contributed by atoms with Crippen LogP contribution in [0.2, 0.25) is 0 Å². The molecule has 0 fully saturated rings. The van der Waals surface area contributed by atoms with Gasteiger partial charge in [-0.2, -0.15) is 0 Å². The van der Waals surface area contributed by atoms with Crippen LogP contribution in [0.25, 0.3) is 12.2 Å². The van der Waals surface area contributed by atoms with Crippen molar-refractivity contribution in [2.45, 2.75) is 13.3 Å². The zero-order valence-electron chi connectivity index (χ0n) is 14.8. The van der Waals surface area contributed by atoms with Crippen molar-refractivity contribution in [1.82, 2.24) is 0 Å². The average Bonchev–Trinajstić information content (AvgIpc) is 2.65. The minimum Gasteiger partial charge on any atom is -0.496 e. The average molecular weight is 348 g/mol. The SMILES string of the molecule is COc1cc(/C=C/C(=O)CC(=O)/C=C/c2ccccc2)ccc1C(C)=O. The molecule has 0 amide bonds. The molecule has 0 spiro atoms. The van der Waals surface area contributed by atoms with Gasteiger partial charge >= 0.3 is 0 Å². The van der Waals surface area contributed by atoms with E-state index in [1.165, 1.54) is 26.2 Å². The van der Waals surface area contributed by atoms with Gasteiger partial charge in [-0.15, -0.1) is 0 Å². The maximum absolute atomic E-state index is 11.9. The lowest BCUT2D eigenvalue weighted by Gasteiger charge is -2.06. The first-order valence-electron chi connectivity index (χ1n) is 8.15. The second kappa shape index (κ2) is 9.28. The molecule has 132 valence electrons. The predicted octanol–water partition coefficient (Wildman–Crippen LogP) is 4.15. The molecule has 2 rings (SSSR count). The Morgan fingerprint density at radius 3 is 2.08 bits per heavy atom. The van der Waals surface area contributed by atoms with Crippen LogP contribution in [0.4, 0.5) is 0 Å². The van der Waals surface area contributed by atoms with Gasteiger partial charge in [-0.25, -0.2) is 0 Å². The van der Waals surface area contributed by atoms with Gasteiger partial charge in [-0.1, -0.05) is 48.6 Å². The molecule has 26 heavy (non-hydrogen) atoms. The number of ketones is 3. The third kappa shape index (κ3) is 5.67. The van der Waals surface area contributed by atoms with Gasteiger partial charge in [0.2, 0.25) is 0 Å². The summed E-state index contributed by atoms with van der Waals surface area (Å²) in [6, 6.07) is 14.5. The number of carbonyl (C=O) groups is 3. The van der Waals surface area contributed by atoms with Crippen LogP contribution in [0, 0.1) is 0 Å².